The van der Waals surface area contributed by atoms with Gasteiger partial charge in [0.25, 0.3) is 0 Å². The van der Waals surface area contributed by atoms with Crippen LogP contribution in [0.25, 0.3) is 11.2 Å². The first-order chi connectivity index (χ1) is 11.0. The summed E-state index contributed by atoms with van der Waals surface area (Å²) >= 11 is 0. The van der Waals surface area contributed by atoms with Crippen molar-refractivity contribution in [1.29, 1.82) is 0 Å². The second kappa shape index (κ2) is 5.76. The number of carbonyl (C=O) groups excluding carboxylic acids is 1. The zero-order valence-electron chi connectivity index (χ0n) is 11.7. The van der Waals surface area contributed by atoms with Crippen LogP contribution in [0.3, 0.4) is 0 Å². The molecular weight excluding hydrogens is 302 g/mol. The lowest BCUT2D eigenvalue weighted by Gasteiger charge is -2.05. The number of pyridine rings is 1. The number of nitrogens with one attached hydrogen (secondary N) is 1. The summed E-state index contributed by atoms with van der Waals surface area (Å²) in [6.45, 7) is -0.260. The van der Waals surface area contributed by atoms with Crippen molar-refractivity contribution < 1.29 is 19.1 Å². The fourth-order valence-corrected chi connectivity index (χ4v) is 2.08. The van der Waals surface area contributed by atoms with Crippen LogP contribution in [0.4, 0.5) is 5.69 Å². The molecule has 0 aliphatic carbocycles. The van der Waals surface area contributed by atoms with Crippen LogP contribution < -0.4 is 11.1 Å². The predicted octanol–water partition coefficient (Wildman–Crippen LogP) is 1.33. The van der Waals surface area contributed by atoms with E-state index in [2.05, 4.69) is 10.3 Å². The summed E-state index contributed by atoms with van der Waals surface area (Å²) < 4.78 is 6.11. The van der Waals surface area contributed by atoms with Gasteiger partial charge in [-0.25, -0.2) is 19.1 Å². The highest BCUT2D eigenvalue weighted by Gasteiger charge is 2.13. The molecule has 116 valence electrons. The Bertz CT molecular complexity index is 940. The molecule has 3 rings (SSSR count). The molecule has 1 amide bonds. The van der Waals surface area contributed by atoms with Gasteiger partial charge in [-0.05, 0) is 36.4 Å². The summed E-state index contributed by atoms with van der Waals surface area (Å²) in [7, 11) is 0. The van der Waals surface area contributed by atoms with E-state index < -0.39 is 17.6 Å². The minimum Gasteiger partial charge on any atom is -0.478 e. The highest BCUT2D eigenvalue weighted by molar-refractivity contribution is 5.92. The fourth-order valence-electron chi connectivity index (χ4n) is 2.08. The number of aromatic nitrogens is 2. The van der Waals surface area contributed by atoms with E-state index in [0.29, 0.717) is 11.3 Å². The molecule has 2 aromatic heterocycles. The van der Waals surface area contributed by atoms with E-state index in [1.807, 2.05) is 0 Å². The van der Waals surface area contributed by atoms with Gasteiger partial charge in [-0.3, -0.25) is 4.79 Å². The molecule has 0 spiro atoms. The van der Waals surface area contributed by atoms with Crippen LogP contribution in [0.1, 0.15) is 10.4 Å². The Morgan fingerprint density at radius 2 is 1.96 bits per heavy atom. The molecule has 8 nitrogen and oxygen atoms in total. The molecular formula is C15H11N3O5. The van der Waals surface area contributed by atoms with Gasteiger partial charge in [0.2, 0.25) is 5.91 Å². The van der Waals surface area contributed by atoms with Crippen molar-refractivity contribution >= 4 is 28.8 Å². The summed E-state index contributed by atoms with van der Waals surface area (Å²) in [5.74, 6) is -2.18. The van der Waals surface area contributed by atoms with Gasteiger partial charge < -0.3 is 14.8 Å². The molecule has 0 aliphatic heterocycles. The molecule has 0 unspecified atom stereocenters. The number of aromatic carboxylic acids is 1. The molecule has 0 bridgehead atoms. The van der Waals surface area contributed by atoms with Crippen LogP contribution in [0, 0.1) is 0 Å². The topological polar surface area (TPSA) is 114 Å². The summed E-state index contributed by atoms with van der Waals surface area (Å²) in [5.41, 5.74) is 1.13. The first kappa shape index (κ1) is 14.5. The Hall–Kier alpha value is -3.42. The maximum atomic E-state index is 12.0. The van der Waals surface area contributed by atoms with Gasteiger partial charge in [0.1, 0.15) is 6.54 Å². The monoisotopic (exact) mass is 313 g/mol. The van der Waals surface area contributed by atoms with Gasteiger partial charge in [-0.15, -0.1) is 0 Å². The maximum absolute atomic E-state index is 12.0. The molecule has 0 atom stereocenters. The highest BCUT2D eigenvalue weighted by Crippen LogP contribution is 2.11. The van der Waals surface area contributed by atoms with Crippen LogP contribution in [0.2, 0.25) is 0 Å². The smallest absolute Gasteiger partial charge is 0.421 e. The summed E-state index contributed by atoms with van der Waals surface area (Å²) in [4.78, 5) is 38.6. The van der Waals surface area contributed by atoms with Crippen LogP contribution in [0.5, 0.6) is 0 Å². The average molecular weight is 313 g/mol. The third-order valence-corrected chi connectivity index (χ3v) is 3.14. The number of oxazole rings is 1. The van der Waals surface area contributed by atoms with Crippen LogP contribution in [0.15, 0.2) is 51.8 Å². The second-order valence-corrected chi connectivity index (χ2v) is 4.71. The Kier molecular flexibility index (Phi) is 3.63. The lowest BCUT2D eigenvalue weighted by atomic mass is 10.2. The van der Waals surface area contributed by atoms with E-state index in [0.717, 1.165) is 4.57 Å². The minimum absolute atomic E-state index is 0.115. The van der Waals surface area contributed by atoms with E-state index in [1.165, 1.54) is 30.5 Å². The Labute approximate surface area is 129 Å². The molecule has 0 saturated carbocycles. The van der Waals surface area contributed by atoms with Gasteiger partial charge in [0.15, 0.2) is 11.2 Å². The van der Waals surface area contributed by atoms with Crippen molar-refractivity contribution in [3.63, 3.8) is 0 Å². The molecule has 2 heterocycles. The van der Waals surface area contributed by atoms with Crippen LogP contribution in [-0.2, 0) is 11.3 Å². The average Bonchev–Trinajstić information content (AvgIpc) is 2.84. The number of fused-ring (bicyclic) bond motifs is 1. The first-order valence-electron chi connectivity index (χ1n) is 6.62. The van der Waals surface area contributed by atoms with Crippen molar-refractivity contribution in [1.82, 2.24) is 9.55 Å². The zero-order chi connectivity index (χ0) is 16.4. The van der Waals surface area contributed by atoms with Gasteiger partial charge in [0, 0.05) is 11.9 Å². The SMILES string of the molecule is O=C(Cn1c(=O)oc2cccnc21)Nc1ccc(C(=O)O)cc1. The minimum atomic E-state index is -1.05. The second-order valence-electron chi connectivity index (χ2n) is 4.71. The molecule has 0 aliphatic rings. The third kappa shape index (κ3) is 2.95. The van der Waals surface area contributed by atoms with Gasteiger partial charge in [-0.2, -0.15) is 0 Å². The lowest BCUT2D eigenvalue weighted by molar-refractivity contribution is -0.116. The molecule has 0 saturated heterocycles. The number of carboxylic acids is 1. The van der Waals surface area contributed by atoms with Crippen molar-refractivity contribution in [3.8, 4) is 0 Å². The van der Waals surface area contributed by atoms with Gasteiger partial charge in [-0.1, -0.05) is 0 Å². The van der Waals surface area contributed by atoms with E-state index in [4.69, 9.17) is 9.52 Å². The fraction of sp³-hybridized carbons (Fsp3) is 0.0667. The Balaban J connectivity index is 1.77. The summed E-state index contributed by atoms with van der Waals surface area (Å²) in [6.07, 6.45) is 1.50. The zero-order valence-corrected chi connectivity index (χ0v) is 11.7. The number of carbonyl (C=O) groups is 2. The van der Waals surface area contributed by atoms with Crippen LogP contribution >= 0.6 is 0 Å². The van der Waals surface area contributed by atoms with E-state index >= 15 is 0 Å². The largest absolute Gasteiger partial charge is 0.478 e. The molecule has 1 aromatic carbocycles. The van der Waals surface area contributed by atoms with E-state index in [9.17, 15) is 14.4 Å². The third-order valence-electron chi connectivity index (χ3n) is 3.14. The number of anilines is 1. The van der Waals surface area contributed by atoms with Crippen LogP contribution in [-0.4, -0.2) is 26.5 Å². The summed E-state index contributed by atoms with van der Waals surface area (Å²) in [5, 5.41) is 11.4. The number of hydrogen-bond donors (Lipinski definition) is 2. The molecule has 3 aromatic rings. The van der Waals surface area contributed by atoms with E-state index in [-0.39, 0.29) is 17.8 Å². The quantitative estimate of drug-likeness (QED) is 0.751. The number of amides is 1. The normalized spacial score (nSPS) is 10.6. The first-order valence-corrected chi connectivity index (χ1v) is 6.62. The van der Waals surface area contributed by atoms with Crippen molar-refractivity contribution in [2.45, 2.75) is 6.54 Å². The maximum Gasteiger partial charge on any atom is 0.421 e. The van der Waals surface area contributed by atoms with Crippen molar-refractivity contribution in [3.05, 3.63) is 58.7 Å². The van der Waals surface area contributed by atoms with Gasteiger partial charge >= 0.3 is 11.7 Å². The van der Waals surface area contributed by atoms with Crippen molar-refractivity contribution in [2.75, 3.05) is 5.32 Å². The number of carboxylic acid groups (broad SMARTS) is 1. The van der Waals surface area contributed by atoms with Crippen molar-refractivity contribution in [2.24, 2.45) is 0 Å². The number of rotatable bonds is 4. The lowest BCUT2D eigenvalue weighted by Crippen LogP contribution is -2.25. The van der Waals surface area contributed by atoms with Gasteiger partial charge in [0.05, 0.1) is 5.56 Å². The molecule has 0 radical (unpaired) electrons. The van der Waals surface area contributed by atoms with E-state index in [1.54, 1.807) is 12.1 Å². The molecule has 23 heavy (non-hydrogen) atoms. The Morgan fingerprint density at radius 1 is 1.22 bits per heavy atom. The number of hydrogen-bond acceptors (Lipinski definition) is 5. The Morgan fingerprint density at radius 3 is 2.65 bits per heavy atom. The standard InChI is InChI=1S/C15H11N3O5/c19-12(17-10-5-3-9(4-6-10)14(20)21)8-18-13-11(23-15(18)22)2-1-7-16-13/h1-7H,8H2,(H,17,19)(H,20,21). The number of nitrogens with zero attached hydrogens (tertiary/aromatic N) is 2. The molecule has 2 N–H and O–H groups in total. The summed E-state index contributed by atoms with van der Waals surface area (Å²) in [6, 6.07) is 8.89. The molecule has 8 heteroatoms. The highest BCUT2D eigenvalue weighted by atomic mass is 16.4. The predicted molar refractivity (Wildman–Crippen MR) is 80.3 cm³/mol. The molecule has 0 fully saturated rings. The number of benzene rings is 1.